The summed E-state index contributed by atoms with van der Waals surface area (Å²) in [4.78, 5) is 138. The molecule has 0 bridgehead atoms. The van der Waals surface area contributed by atoms with Crippen LogP contribution in [0.5, 0.6) is 0 Å². The molecule has 0 amide bonds. The summed E-state index contributed by atoms with van der Waals surface area (Å²) in [6, 6.07) is 0. The van der Waals surface area contributed by atoms with E-state index < -0.39 is 256 Å². The van der Waals surface area contributed by atoms with Crippen molar-refractivity contribution in [2.75, 3.05) is 152 Å². The summed E-state index contributed by atoms with van der Waals surface area (Å²) >= 11 is 0. The van der Waals surface area contributed by atoms with Crippen molar-refractivity contribution in [3.8, 4) is 0 Å². The van der Waals surface area contributed by atoms with Crippen LogP contribution in [-0.2, 0) is 211 Å². The Morgan fingerprint density at radius 2 is 0.466 bits per heavy atom. The van der Waals surface area contributed by atoms with Gasteiger partial charge in [-0.3, -0.25) is 50.2 Å². The fourth-order valence-corrected chi connectivity index (χ4v) is 11.6. The first kappa shape index (κ1) is 95.5. The zero-order valence-corrected chi connectivity index (χ0v) is 60.3. The van der Waals surface area contributed by atoms with Gasteiger partial charge in [-0.15, -0.1) is 16.3 Å². The minimum Gasteiger partial charge on any atom is -0.756 e. The summed E-state index contributed by atoms with van der Waals surface area (Å²) in [7, 11) is -57.6. The molecule has 0 aliphatic rings. The molecule has 524 valence electrons. The van der Waals surface area contributed by atoms with E-state index in [9.17, 15) is 109 Å². The Hall–Kier alpha value is 3.27. The molecule has 3 N–H and O–H groups in total. The van der Waals surface area contributed by atoms with Gasteiger partial charge in [-0.2, -0.15) is 5.54 Å². The Balaban J connectivity index is -0.0000361. The molecule has 0 saturated carbocycles. The quantitative estimate of drug-likeness (QED) is 0.0221. The number of nitrogens with one attached hydrogen (secondary N) is 1. The molecular formula is C28H56FNO45P11Y2-13. The molecule has 0 aromatic heterocycles. The second-order valence-electron chi connectivity index (χ2n) is 14.9. The predicted molar refractivity (Wildman–Crippen MR) is 248 cm³/mol. The molecule has 0 aliphatic carbocycles. The molecule has 0 heterocycles. The minimum atomic E-state index is -5.41. The van der Waals surface area contributed by atoms with Crippen molar-refractivity contribution in [3.63, 3.8) is 0 Å². The molecule has 88 heavy (non-hydrogen) atoms. The van der Waals surface area contributed by atoms with E-state index in [-0.39, 0.29) is 65.4 Å². The Morgan fingerprint density at radius 1 is 0.307 bits per heavy atom. The van der Waals surface area contributed by atoms with Gasteiger partial charge in [0.25, 0.3) is 86.0 Å². The van der Waals surface area contributed by atoms with E-state index in [0.717, 1.165) is 5.54 Å². The van der Waals surface area contributed by atoms with Crippen LogP contribution in [0.3, 0.4) is 0 Å². The summed E-state index contributed by atoms with van der Waals surface area (Å²) in [5.41, 5.74) is 1.06. The first-order chi connectivity index (χ1) is 39.4. The number of rotatable bonds is 58. The summed E-state index contributed by atoms with van der Waals surface area (Å²) in [5, 5.41) is 8.80. The second-order valence-corrected chi connectivity index (χ2v) is 30.2. The van der Waals surface area contributed by atoms with E-state index in [0.29, 0.717) is 0 Å². The zero-order valence-electron chi connectivity index (χ0n) is 44.8. The molecule has 0 fully saturated rings. The maximum atomic E-state index is 12.9. The zero-order chi connectivity index (χ0) is 66.1. The predicted octanol–water partition coefficient (Wildman–Crippen LogP) is -5.54. The topological polar surface area (TPSA) is 688 Å². The smallest absolute Gasteiger partial charge is 0.268 e. The number of halogens is 1. The van der Waals surface area contributed by atoms with E-state index in [4.69, 9.17) is 10.00 Å². The number of aliphatic hydroxyl groups excluding tert-OH is 1. The SMILES string of the molecule is [CH2-]C(CO)COP(=O)([O-])OCCOP(=O)([O-])OCCOP(=O)([O-])OCCOP(=O)([O-])OCCOP(=O)([O-])OCC(CNF)COP(=O)([O-])OCCOP(=O)([O-])OCCOP(=O)([O-])OCCOP(=O)([O-])OCCOP(=O)([O-])OCC([CH2-])COP(=O)([O-])O.[Y].[Y]. The maximum Gasteiger partial charge on any atom is 0.268 e. The van der Waals surface area contributed by atoms with E-state index in [1.807, 2.05) is 0 Å². The molecule has 14 atom stereocenters. The van der Waals surface area contributed by atoms with E-state index in [1.54, 1.807) is 0 Å². The van der Waals surface area contributed by atoms with Crippen molar-refractivity contribution in [2.24, 2.45) is 17.8 Å². The van der Waals surface area contributed by atoms with Crippen LogP contribution in [0.15, 0.2) is 0 Å². The van der Waals surface area contributed by atoms with Gasteiger partial charge in [0.1, 0.15) is 0 Å². The maximum absolute atomic E-state index is 12.9. The molecule has 0 saturated heterocycles. The first-order valence-corrected chi connectivity index (χ1v) is 38.7. The normalized spacial score (nSPS) is 20.8. The third-order valence-corrected chi connectivity index (χ3v) is 17.9. The van der Waals surface area contributed by atoms with Crippen molar-refractivity contribution in [1.82, 2.24) is 5.54 Å². The largest absolute Gasteiger partial charge is 0.756 e. The van der Waals surface area contributed by atoms with Crippen LogP contribution in [0, 0.1) is 31.6 Å². The average molecular weight is 1660 g/mol. The van der Waals surface area contributed by atoms with E-state index in [2.05, 4.69) is 109 Å². The summed E-state index contributed by atoms with van der Waals surface area (Å²) in [5.74, 6) is -3.42. The Morgan fingerprint density at radius 3 is 0.636 bits per heavy atom. The van der Waals surface area contributed by atoms with E-state index >= 15 is 0 Å². The van der Waals surface area contributed by atoms with Crippen LogP contribution >= 0.6 is 86.0 Å². The third-order valence-electron chi connectivity index (χ3n) is 7.63. The molecule has 0 aromatic carbocycles. The van der Waals surface area contributed by atoms with Gasteiger partial charge in [-0.1, -0.05) is 0 Å². The van der Waals surface area contributed by atoms with Crippen molar-refractivity contribution in [2.45, 2.75) is 0 Å². The molecule has 14 unspecified atom stereocenters. The van der Waals surface area contributed by atoms with Gasteiger partial charge in [-0.25, -0.2) is 0 Å². The van der Waals surface area contributed by atoms with Crippen LogP contribution in [0.2, 0.25) is 0 Å². The van der Waals surface area contributed by atoms with Gasteiger partial charge in [0.05, 0.1) is 119 Å². The van der Waals surface area contributed by atoms with Crippen molar-refractivity contribution in [3.05, 3.63) is 13.8 Å². The molecule has 0 rings (SSSR count). The van der Waals surface area contributed by atoms with E-state index in [1.165, 1.54) is 0 Å². The van der Waals surface area contributed by atoms with Gasteiger partial charge in [-0.05, 0) is 0 Å². The van der Waals surface area contributed by atoms with Crippen molar-refractivity contribution >= 4 is 86.0 Å². The minimum absolute atomic E-state index is 0. The van der Waals surface area contributed by atoms with Crippen LogP contribution in [0.1, 0.15) is 0 Å². The van der Waals surface area contributed by atoms with Crippen molar-refractivity contribution in [1.29, 1.82) is 0 Å². The fraction of sp³-hybridized carbons (Fsp3) is 0.929. The molecule has 0 aliphatic heterocycles. The van der Waals surface area contributed by atoms with Gasteiger partial charge < -0.3 is 173 Å². The van der Waals surface area contributed by atoms with Gasteiger partial charge in [0, 0.05) is 104 Å². The fourth-order valence-electron chi connectivity index (χ4n) is 4.12. The Kier molecular flexibility index (Phi) is 51.3. The molecule has 2 radical (unpaired) electrons. The Bertz CT molecular complexity index is 2490. The third kappa shape index (κ3) is 57.2. The number of hydrogen-bond donors (Lipinski definition) is 3. The number of phosphoric ester groups is 11. The van der Waals surface area contributed by atoms with Gasteiger partial charge in [0.2, 0.25) is 0 Å². The summed E-state index contributed by atoms with van der Waals surface area (Å²) in [6.45, 7) is -15.4. The number of aliphatic hydroxyl groups is 1. The van der Waals surface area contributed by atoms with Crippen LogP contribution in [0.4, 0.5) is 4.48 Å². The van der Waals surface area contributed by atoms with Crippen LogP contribution in [-0.4, -0.2) is 162 Å². The number of hydrogen-bond acceptors (Lipinski definition) is 45. The standard InChI is InChI=1S/C28H67FNO45P11.2Y/c1-26(20-31)21-72-83(47,48)67-15-11-63-79(39,40)59-7-3-55-77(35,36)57-5-9-61-81(43,44)65-13-17-69-85(51,52)74-24-28(19-30-29)25-75-86(53,54)70-18-14-66-82(45,46)62-10-6-58-78(37,38)56-4-8-60-80(41,42)64-12-16-68-84(49,50)73-23-27(2)22-71-76(32,33)34;;/h26-28,30-31H,1-25H2,(H,35,36)(H,37,38)(H,39,40)(H,41,42)(H,43,44)(H,45,46)(H,47,48)(H,49,50)(H,51,52)(H,53,54)(H2,32,33,34);;/q-2;;/p-11. The van der Waals surface area contributed by atoms with Gasteiger partial charge >= 0.3 is 0 Å². The molecule has 0 spiro atoms. The molecule has 46 nitrogen and oxygen atoms in total. The Labute approximate surface area is 550 Å². The molecule has 60 heteroatoms. The second kappa shape index (κ2) is 47.3. The van der Waals surface area contributed by atoms with Gasteiger partial charge in [0.15, 0.2) is 0 Å². The average Bonchev–Trinajstić information content (AvgIpc) is 3.40. The summed E-state index contributed by atoms with van der Waals surface area (Å²) < 4.78 is 232. The number of phosphoric acid groups is 11. The first-order valence-electron chi connectivity index (χ1n) is 22.6. The van der Waals surface area contributed by atoms with Crippen LogP contribution in [0.25, 0.3) is 0 Å². The van der Waals surface area contributed by atoms with Crippen molar-refractivity contribution < 1.29 is 279 Å². The molecular weight excluding hydrogens is 1610 g/mol. The summed E-state index contributed by atoms with van der Waals surface area (Å²) in [6.07, 6.45) is 0. The monoisotopic (exact) mass is 1660 g/mol. The van der Waals surface area contributed by atoms with Crippen LogP contribution < -0.4 is 59.4 Å². The molecule has 0 aromatic rings.